The molecule has 0 heterocycles. The van der Waals surface area contributed by atoms with Gasteiger partial charge in [0.15, 0.2) is 0 Å². The number of nitrogens with one attached hydrogen (secondary N) is 2. The summed E-state index contributed by atoms with van der Waals surface area (Å²) in [6, 6.07) is 6.00. The van der Waals surface area contributed by atoms with E-state index < -0.39 is 17.7 Å². The van der Waals surface area contributed by atoms with Gasteiger partial charge in [0.2, 0.25) is 0 Å². The third kappa shape index (κ3) is 5.07. The van der Waals surface area contributed by atoms with Gasteiger partial charge in [0.1, 0.15) is 0 Å². The Kier molecular flexibility index (Phi) is 6.18. The fraction of sp³-hybridized carbons (Fsp3) is 0.308. The van der Waals surface area contributed by atoms with Crippen molar-refractivity contribution in [1.82, 2.24) is 10.6 Å². The molecule has 1 aromatic rings. The first-order valence-corrected chi connectivity index (χ1v) is 6.02. The van der Waals surface area contributed by atoms with E-state index in [1.54, 1.807) is 7.11 Å². The molecule has 0 fully saturated rings. The monoisotopic (exact) mass is 279 g/mol. The zero-order valence-corrected chi connectivity index (χ0v) is 11.1. The highest BCUT2D eigenvalue weighted by Crippen LogP contribution is 2.04. The molecule has 7 nitrogen and oxygen atoms in total. The Hall–Kier alpha value is -2.41. The van der Waals surface area contributed by atoms with Crippen LogP contribution in [0.3, 0.4) is 0 Å². The van der Waals surface area contributed by atoms with Crippen LogP contribution in [-0.4, -0.2) is 38.0 Å². The van der Waals surface area contributed by atoms with Gasteiger partial charge in [-0.15, -0.1) is 0 Å². The van der Waals surface area contributed by atoms with Crippen LogP contribution in [0, 0.1) is 0 Å². The first-order chi connectivity index (χ1) is 9.54. The Balaban J connectivity index is 2.43. The van der Waals surface area contributed by atoms with E-state index in [-0.39, 0.29) is 5.56 Å². The number of nitrogens with two attached hydrogens (primary N) is 1. The fourth-order valence-corrected chi connectivity index (χ4v) is 1.37. The molecule has 7 heteroatoms. The number of amides is 3. The molecule has 0 aliphatic heterocycles. The third-order valence-corrected chi connectivity index (χ3v) is 2.42. The molecule has 3 amide bonds. The van der Waals surface area contributed by atoms with Gasteiger partial charge in [-0.2, -0.15) is 0 Å². The molecule has 0 saturated carbocycles. The maximum Gasteiger partial charge on any atom is 0.316 e. The van der Waals surface area contributed by atoms with Gasteiger partial charge in [0.05, 0.1) is 0 Å². The molecular weight excluding hydrogens is 262 g/mol. The number of hydrogen-bond donors (Lipinski definition) is 3. The molecule has 20 heavy (non-hydrogen) atoms. The molecule has 4 N–H and O–H groups in total. The quantitative estimate of drug-likeness (QED) is 0.388. The fourth-order valence-electron chi connectivity index (χ4n) is 1.37. The second-order valence-corrected chi connectivity index (χ2v) is 4.01. The third-order valence-electron chi connectivity index (χ3n) is 2.42. The van der Waals surface area contributed by atoms with Gasteiger partial charge in [-0.1, -0.05) is 0 Å². The van der Waals surface area contributed by atoms with E-state index in [1.165, 1.54) is 24.3 Å². The smallest absolute Gasteiger partial charge is 0.316 e. The highest BCUT2D eigenvalue weighted by Gasteiger charge is 2.17. The van der Waals surface area contributed by atoms with Crippen molar-refractivity contribution < 1.29 is 19.1 Å². The second kappa shape index (κ2) is 7.90. The molecule has 0 aromatic heterocycles. The second-order valence-electron chi connectivity index (χ2n) is 4.01. The van der Waals surface area contributed by atoms with Crippen molar-refractivity contribution in [2.45, 2.75) is 6.42 Å². The van der Waals surface area contributed by atoms with Crippen LogP contribution < -0.4 is 16.4 Å². The number of anilines is 1. The van der Waals surface area contributed by atoms with Crippen molar-refractivity contribution in [3.8, 4) is 0 Å². The number of carbonyl (C=O) groups is 3. The van der Waals surface area contributed by atoms with Crippen molar-refractivity contribution in [3.63, 3.8) is 0 Å². The Morgan fingerprint density at radius 2 is 1.80 bits per heavy atom. The predicted molar refractivity (Wildman–Crippen MR) is 72.8 cm³/mol. The molecule has 0 aliphatic rings. The van der Waals surface area contributed by atoms with Crippen LogP contribution in [0.5, 0.6) is 0 Å². The summed E-state index contributed by atoms with van der Waals surface area (Å²) in [5, 5.41) is 4.37. The van der Waals surface area contributed by atoms with Crippen LogP contribution in [0.1, 0.15) is 16.8 Å². The predicted octanol–water partition coefficient (Wildman–Crippen LogP) is -0.322. The standard InChI is InChI=1S/C13H17N3O4/c1-20-8-2-7-15-12(18)13(19)16-11(17)9-3-5-10(14)6-4-9/h3-6H,2,7-8,14H2,1H3,(H,15,18)(H,16,17,19). The van der Waals surface area contributed by atoms with Crippen LogP contribution >= 0.6 is 0 Å². The number of benzene rings is 1. The normalized spacial score (nSPS) is 9.85. The van der Waals surface area contributed by atoms with Crippen molar-refractivity contribution in [2.75, 3.05) is 26.0 Å². The van der Waals surface area contributed by atoms with Gasteiger partial charge in [0.25, 0.3) is 5.91 Å². The van der Waals surface area contributed by atoms with Gasteiger partial charge in [-0.25, -0.2) is 0 Å². The first-order valence-electron chi connectivity index (χ1n) is 6.02. The minimum Gasteiger partial charge on any atom is -0.399 e. The molecule has 0 unspecified atom stereocenters. The number of hydrogen-bond acceptors (Lipinski definition) is 5. The molecule has 0 atom stereocenters. The van der Waals surface area contributed by atoms with E-state index in [0.29, 0.717) is 25.3 Å². The largest absolute Gasteiger partial charge is 0.399 e. The number of carbonyl (C=O) groups excluding carboxylic acids is 3. The van der Waals surface area contributed by atoms with Crippen LogP contribution in [0.15, 0.2) is 24.3 Å². The summed E-state index contributed by atoms with van der Waals surface area (Å²) in [6.45, 7) is 0.780. The lowest BCUT2D eigenvalue weighted by molar-refractivity contribution is -0.138. The summed E-state index contributed by atoms with van der Waals surface area (Å²) >= 11 is 0. The van der Waals surface area contributed by atoms with Gasteiger partial charge >= 0.3 is 11.8 Å². The zero-order valence-electron chi connectivity index (χ0n) is 11.1. The summed E-state index contributed by atoms with van der Waals surface area (Å²) in [6.07, 6.45) is 0.585. The van der Waals surface area contributed by atoms with E-state index in [4.69, 9.17) is 10.5 Å². The zero-order chi connectivity index (χ0) is 15.0. The molecule has 0 spiro atoms. The SMILES string of the molecule is COCCCNC(=O)C(=O)NC(=O)c1ccc(N)cc1. The number of ether oxygens (including phenoxy) is 1. The number of rotatable bonds is 5. The van der Waals surface area contributed by atoms with Crippen molar-refractivity contribution >= 4 is 23.4 Å². The molecule has 0 bridgehead atoms. The van der Waals surface area contributed by atoms with E-state index in [9.17, 15) is 14.4 Å². The van der Waals surface area contributed by atoms with E-state index in [0.717, 1.165) is 0 Å². The highest BCUT2D eigenvalue weighted by atomic mass is 16.5. The Morgan fingerprint density at radius 3 is 2.40 bits per heavy atom. The summed E-state index contributed by atoms with van der Waals surface area (Å²) in [4.78, 5) is 34.5. The average molecular weight is 279 g/mol. The van der Waals surface area contributed by atoms with Gasteiger partial charge < -0.3 is 15.8 Å². The first kappa shape index (κ1) is 15.6. The maximum absolute atomic E-state index is 11.7. The maximum atomic E-state index is 11.7. The number of methoxy groups -OCH3 is 1. The summed E-state index contributed by atoms with van der Waals surface area (Å²) in [5.41, 5.74) is 6.24. The minimum atomic E-state index is -0.996. The van der Waals surface area contributed by atoms with Gasteiger partial charge in [0, 0.05) is 31.5 Å². The summed E-state index contributed by atoms with van der Waals surface area (Å²) in [7, 11) is 1.54. The molecule has 1 rings (SSSR count). The Labute approximate surface area is 116 Å². The van der Waals surface area contributed by atoms with Crippen molar-refractivity contribution in [1.29, 1.82) is 0 Å². The molecular formula is C13H17N3O4. The van der Waals surface area contributed by atoms with Crippen LogP contribution in [-0.2, 0) is 14.3 Å². The van der Waals surface area contributed by atoms with Crippen molar-refractivity contribution in [3.05, 3.63) is 29.8 Å². The van der Waals surface area contributed by atoms with Crippen LogP contribution in [0.25, 0.3) is 0 Å². The van der Waals surface area contributed by atoms with E-state index >= 15 is 0 Å². The number of nitrogen functional groups attached to an aromatic ring is 1. The molecule has 0 saturated heterocycles. The van der Waals surface area contributed by atoms with Gasteiger partial charge in [-0.3, -0.25) is 19.7 Å². The Morgan fingerprint density at radius 1 is 1.15 bits per heavy atom. The summed E-state index contributed by atoms with van der Waals surface area (Å²) in [5.74, 6) is -2.50. The lowest BCUT2D eigenvalue weighted by Gasteiger charge is -2.05. The van der Waals surface area contributed by atoms with Gasteiger partial charge in [-0.05, 0) is 30.7 Å². The molecule has 0 radical (unpaired) electrons. The summed E-state index contributed by atoms with van der Waals surface area (Å²) < 4.78 is 4.80. The number of imide groups is 1. The van der Waals surface area contributed by atoms with Crippen LogP contribution in [0.4, 0.5) is 5.69 Å². The molecule has 1 aromatic carbocycles. The lowest BCUT2D eigenvalue weighted by Crippen LogP contribution is -2.43. The Bertz CT molecular complexity index is 485. The van der Waals surface area contributed by atoms with Crippen molar-refractivity contribution in [2.24, 2.45) is 0 Å². The highest BCUT2D eigenvalue weighted by molar-refractivity contribution is 6.38. The topological polar surface area (TPSA) is 111 Å². The van der Waals surface area contributed by atoms with E-state index in [1.807, 2.05) is 5.32 Å². The molecule has 108 valence electrons. The minimum absolute atomic E-state index is 0.250. The average Bonchev–Trinajstić information content (AvgIpc) is 2.44. The lowest BCUT2D eigenvalue weighted by atomic mass is 10.2. The van der Waals surface area contributed by atoms with E-state index in [2.05, 4.69) is 5.32 Å². The molecule has 0 aliphatic carbocycles. The van der Waals surface area contributed by atoms with Crippen LogP contribution in [0.2, 0.25) is 0 Å².